The fourth-order valence-corrected chi connectivity index (χ4v) is 5.54. The van der Waals surface area contributed by atoms with E-state index in [0.29, 0.717) is 24.5 Å². The van der Waals surface area contributed by atoms with Crippen LogP contribution in [0.15, 0.2) is 41.8 Å². The van der Waals surface area contributed by atoms with Crippen molar-refractivity contribution in [2.24, 2.45) is 11.8 Å². The van der Waals surface area contributed by atoms with E-state index >= 15 is 0 Å². The molecule has 0 spiro atoms. The van der Waals surface area contributed by atoms with Crippen molar-refractivity contribution < 1.29 is 32.9 Å². The molecule has 0 N–H and O–H groups in total. The number of rotatable bonds is 8. The lowest BCUT2D eigenvalue weighted by molar-refractivity contribution is -0.147. The minimum atomic E-state index is -0.430. The molecule has 1 aromatic carbocycles. The molecule has 4 rings (SSSR count). The summed E-state index contributed by atoms with van der Waals surface area (Å²) in [6.45, 7) is 3.75. The summed E-state index contributed by atoms with van der Waals surface area (Å²) >= 11 is 1.39. The summed E-state index contributed by atoms with van der Waals surface area (Å²) < 4.78 is 35.9. The second-order valence-corrected chi connectivity index (χ2v) is 9.24. The lowest BCUT2D eigenvalue weighted by Crippen LogP contribution is -2.30. The molecule has 1 aliphatic heterocycles. The van der Waals surface area contributed by atoms with Crippen molar-refractivity contribution in [3.63, 3.8) is 0 Å². The van der Waals surface area contributed by atoms with Crippen molar-refractivity contribution in [3.05, 3.63) is 58.3 Å². The zero-order valence-corrected chi connectivity index (χ0v) is 20.0. The highest BCUT2D eigenvalue weighted by atomic mass is 32.1. The number of halogens is 1. The smallest absolute Gasteiger partial charge is 0.357 e. The van der Waals surface area contributed by atoms with Crippen molar-refractivity contribution in [2.75, 3.05) is 13.2 Å². The minimum Gasteiger partial charge on any atom is -0.489 e. The monoisotopic (exact) mass is 489 g/mol. The number of benzene rings is 1. The highest BCUT2D eigenvalue weighted by Gasteiger charge is 2.47. The van der Waals surface area contributed by atoms with Gasteiger partial charge in [-0.25, -0.2) is 14.2 Å². The lowest BCUT2D eigenvalue weighted by atomic mass is 9.86. The van der Waals surface area contributed by atoms with Crippen LogP contribution in [-0.2, 0) is 19.0 Å². The van der Waals surface area contributed by atoms with Gasteiger partial charge in [-0.3, -0.25) is 4.79 Å². The number of fused-ring (bicyclic) bond motifs is 1. The second-order valence-electron chi connectivity index (χ2n) is 8.35. The Bertz CT molecular complexity index is 1040. The number of hydrogen-bond donors (Lipinski definition) is 0. The van der Waals surface area contributed by atoms with E-state index in [-0.39, 0.29) is 48.5 Å². The normalized spacial score (nSPS) is 26.3. The topological polar surface area (TPSA) is 84.0 Å². The molecule has 2 heterocycles. The summed E-state index contributed by atoms with van der Waals surface area (Å²) in [5, 5.41) is 2.46. The van der Waals surface area contributed by atoms with Crippen molar-refractivity contribution >= 4 is 23.3 Å². The lowest BCUT2D eigenvalue weighted by Gasteiger charge is -2.33. The molecule has 0 radical (unpaired) electrons. The first-order chi connectivity index (χ1) is 16.4. The summed E-state index contributed by atoms with van der Waals surface area (Å²) in [6, 6.07) is 6.00. The summed E-state index contributed by atoms with van der Waals surface area (Å²) in [4.78, 5) is 28.1. The van der Waals surface area contributed by atoms with Crippen LogP contribution in [0.5, 0.6) is 5.75 Å². The second kappa shape index (κ2) is 11.1. The number of esters is 2. The molecule has 2 aromatic rings. The SMILES string of the molecule is CCOC(=O)c1csc([C@H]2CC[C@@H]3[C@@H](/C=C/COc4cccc(F)c4)[C@H](OC(C)=O)C[C@@H]3O2)n1. The van der Waals surface area contributed by atoms with Crippen LogP contribution in [0.3, 0.4) is 0 Å². The maximum atomic E-state index is 13.3. The summed E-state index contributed by atoms with van der Waals surface area (Å²) in [7, 11) is 0. The van der Waals surface area contributed by atoms with Gasteiger partial charge in [0.05, 0.1) is 12.7 Å². The van der Waals surface area contributed by atoms with Crippen LogP contribution in [0.1, 0.15) is 54.7 Å². The Hall–Kier alpha value is -2.78. The summed E-state index contributed by atoms with van der Waals surface area (Å²) in [6.07, 6.45) is 5.55. The minimum absolute atomic E-state index is 0.00246. The molecule has 7 nitrogen and oxygen atoms in total. The van der Waals surface area contributed by atoms with Gasteiger partial charge in [0, 0.05) is 30.7 Å². The molecule has 2 aliphatic rings. The molecule has 0 unspecified atom stereocenters. The van der Waals surface area contributed by atoms with Gasteiger partial charge in [0.1, 0.15) is 35.4 Å². The quantitative estimate of drug-likeness (QED) is 0.386. The van der Waals surface area contributed by atoms with Gasteiger partial charge >= 0.3 is 11.9 Å². The van der Waals surface area contributed by atoms with Gasteiger partial charge in [-0.1, -0.05) is 18.2 Å². The number of ether oxygens (including phenoxy) is 4. The number of carbonyl (C=O) groups excluding carboxylic acids is 2. The molecule has 1 saturated carbocycles. The molecule has 5 atom stereocenters. The van der Waals surface area contributed by atoms with E-state index in [9.17, 15) is 14.0 Å². The van der Waals surface area contributed by atoms with Crippen molar-refractivity contribution in [1.29, 1.82) is 0 Å². The molecular weight excluding hydrogens is 461 g/mol. The number of carbonyl (C=O) groups is 2. The zero-order valence-electron chi connectivity index (χ0n) is 19.1. The number of aromatic nitrogens is 1. The zero-order chi connectivity index (χ0) is 24.1. The van der Waals surface area contributed by atoms with E-state index < -0.39 is 5.97 Å². The van der Waals surface area contributed by atoms with Crippen molar-refractivity contribution in [2.45, 2.75) is 51.4 Å². The molecule has 2 fully saturated rings. The molecule has 0 bridgehead atoms. The fraction of sp³-hybridized carbons (Fsp3) is 0.480. The summed E-state index contributed by atoms with van der Waals surface area (Å²) in [5.74, 6) is -0.458. The van der Waals surface area contributed by atoms with Crippen molar-refractivity contribution in [3.8, 4) is 5.75 Å². The molecule has 9 heteroatoms. The van der Waals surface area contributed by atoms with Gasteiger partial charge in [-0.2, -0.15) is 0 Å². The van der Waals surface area contributed by atoms with Crippen LogP contribution in [0, 0.1) is 17.7 Å². The molecular formula is C25H28FNO6S. The highest BCUT2D eigenvalue weighted by molar-refractivity contribution is 7.09. The van der Waals surface area contributed by atoms with Crippen LogP contribution in [0.25, 0.3) is 0 Å². The average Bonchev–Trinajstić information content (AvgIpc) is 3.41. The van der Waals surface area contributed by atoms with Gasteiger partial charge in [0.15, 0.2) is 5.69 Å². The van der Waals surface area contributed by atoms with Crippen LogP contribution in [0.4, 0.5) is 4.39 Å². The maximum absolute atomic E-state index is 13.3. The van der Waals surface area contributed by atoms with Crippen LogP contribution in [0.2, 0.25) is 0 Å². The predicted molar refractivity (Wildman–Crippen MR) is 123 cm³/mol. The van der Waals surface area contributed by atoms with Crippen LogP contribution in [-0.4, -0.2) is 42.3 Å². The van der Waals surface area contributed by atoms with E-state index in [1.807, 2.05) is 12.2 Å². The third kappa shape index (κ3) is 5.82. The van der Waals surface area contributed by atoms with Crippen molar-refractivity contribution in [1.82, 2.24) is 4.98 Å². The Labute approximate surface area is 201 Å². The highest BCUT2D eigenvalue weighted by Crippen LogP contribution is 2.47. The van der Waals surface area contributed by atoms with Gasteiger partial charge in [0.25, 0.3) is 0 Å². The molecule has 182 valence electrons. The van der Waals surface area contributed by atoms with E-state index in [0.717, 1.165) is 17.8 Å². The molecule has 34 heavy (non-hydrogen) atoms. The Morgan fingerprint density at radius 1 is 1.32 bits per heavy atom. The first-order valence-corrected chi connectivity index (χ1v) is 12.3. The Morgan fingerprint density at radius 2 is 2.18 bits per heavy atom. The van der Waals surface area contributed by atoms with E-state index in [2.05, 4.69) is 4.98 Å². The van der Waals surface area contributed by atoms with Gasteiger partial charge in [-0.05, 0) is 37.8 Å². The van der Waals surface area contributed by atoms with E-state index in [1.54, 1.807) is 24.4 Å². The third-order valence-electron chi connectivity index (χ3n) is 6.07. The largest absolute Gasteiger partial charge is 0.489 e. The fourth-order valence-electron chi connectivity index (χ4n) is 4.68. The molecule has 1 saturated heterocycles. The van der Waals surface area contributed by atoms with Gasteiger partial charge < -0.3 is 18.9 Å². The predicted octanol–water partition coefficient (Wildman–Crippen LogP) is 4.88. The Kier molecular flexibility index (Phi) is 7.95. The Balaban J connectivity index is 1.40. The Morgan fingerprint density at radius 3 is 2.94 bits per heavy atom. The summed E-state index contributed by atoms with van der Waals surface area (Å²) in [5.41, 5.74) is 0.302. The standard InChI is InChI=1S/C25H28FNO6S/c1-3-30-25(29)20-14-34-24(27-20)21-10-9-19-18(22(32-15(2)28)13-23(19)33-21)8-5-11-31-17-7-4-6-16(26)12-17/h4-8,12,14,18-19,21-23H,3,9-11,13H2,1-2H3/b8-5+/t18-,19-,21-,22-,23+/m1/s1. The van der Waals surface area contributed by atoms with Gasteiger partial charge in [0.2, 0.25) is 0 Å². The van der Waals surface area contributed by atoms with E-state index in [1.165, 1.54) is 30.4 Å². The molecule has 1 aliphatic carbocycles. The first-order valence-electron chi connectivity index (χ1n) is 11.4. The first kappa shape index (κ1) is 24.3. The molecule has 0 amide bonds. The third-order valence-corrected chi connectivity index (χ3v) is 7.00. The van der Waals surface area contributed by atoms with Crippen LogP contribution >= 0.6 is 11.3 Å². The van der Waals surface area contributed by atoms with Crippen LogP contribution < -0.4 is 4.74 Å². The number of nitrogens with zero attached hydrogens (tertiary/aromatic N) is 1. The molecule has 1 aromatic heterocycles. The van der Waals surface area contributed by atoms with Gasteiger partial charge in [-0.15, -0.1) is 11.3 Å². The average molecular weight is 490 g/mol. The van der Waals surface area contributed by atoms with E-state index in [4.69, 9.17) is 18.9 Å². The maximum Gasteiger partial charge on any atom is 0.357 e. The number of thiazole rings is 1. The number of hydrogen-bond acceptors (Lipinski definition) is 8.